The lowest BCUT2D eigenvalue weighted by Crippen LogP contribution is -2.00. The predicted octanol–water partition coefficient (Wildman–Crippen LogP) is 4.58. The lowest BCUT2D eigenvalue weighted by molar-refractivity contribution is 0.300. The Labute approximate surface area is 119 Å². The van der Waals surface area contributed by atoms with Crippen LogP contribution in [-0.2, 0) is 6.61 Å². The Morgan fingerprint density at radius 3 is 2.63 bits per heavy atom. The van der Waals surface area contributed by atoms with Crippen LogP contribution in [0.1, 0.15) is 11.1 Å². The lowest BCUT2D eigenvalue weighted by atomic mass is 10.1. The lowest BCUT2D eigenvalue weighted by Gasteiger charge is -2.09. The molecular formula is C14H8Cl2FNO. The zero-order valence-corrected chi connectivity index (χ0v) is 11.2. The van der Waals surface area contributed by atoms with Crippen LogP contribution in [0.15, 0.2) is 36.4 Å². The second-order valence-electron chi connectivity index (χ2n) is 3.73. The van der Waals surface area contributed by atoms with Crippen molar-refractivity contribution in [2.45, 2.75) is 6.61 Å². The van der Waals surface area contributed by atoms with Crippen LogP contribution < -0.4 is 4.74 Å². The summed E-state index contributed by atoms with van der Waals surface area (Å²) in [6.45, 7) is -0.0264. The van der Waals surface area contributed by atoms with Gasteiger partial charge in [0.15, 0.2) is 0 Å². The van der Waals surface area contributed by atoms with Crippen LogP contribution in [0.3, 0.4) is 0 Å². The summed E-state index contributed by atoms with van der Waals surface area (Å²) in [6.07, 6.45) is 0. The molecule has 0 heterocycles. The van der Waals surface area contributed by atoms with Crippen molar-refractivity contribution >= 4 is 23.2 Å². The van der Waals surface area contributed by atoms with Crippen molar-refractivity contribution in [1.82, 2.24) is 0 Å². The van der Waals surface area contributed by atoms with Crippen molar-refractivity contribution in [3.63, 3.8) is 0 Å². The maximum atomic E-state index is 13.8. The molecule has 0 aliphatic rings. The van der Waals surface area contributed by atoms with Crippen LogP contribution in [0.4, 0.5) is 4.39 Å². The van der Waals surface area contributed by atoms with Gasteiger partial charge in [0.1, 0.15) is 29.3 Å². The second-order valence-corrected chi connectivity index (χ2v) is 4.52. The Balaban J connectivity index is 2.20. The molecule has 0 unspecified atom stereocenters. The number of nitriles is 1. The molecule has 0 N–H and O–H groups in total. The van der Waals surface area contributed by atoms with Gasteiger partial charge in [-0.05, 0) is 18.2 Å². The van der Waals surface area contributed by atoms with E-state index in [4.69, 9.17) is 33.2 Å². The maximum absolute atomic E-state index is 13.8. The molecule has 2 nitrogen and oxygen atoms in total. The van der Waals surface area contributed by atoms with Gasteiger partial charge in [-0.2, -0.15) is 5.26 Å². The molecule has 0 bridgehead atoms. The summed E-state index contributed by atoms with van der Waals surface area (Å²) in [7, 11) is 0. The van der Waals surface area contributed by atoms with E-state index in [-0.39, 0.29) is 22.8 Å². The maximum Gasteiger partial charge on any atom is 0.147 e. The second kappa shape index (κ2) is 5.92. The monoisotopic (exact) mass is 295 g/mol. The van der Waals surface area contributed by atoms with E-state index in [0.29, 0.717) is 10.8 Å². The standard InChI is InChI=1S/C14H8Cl2FNO/c15-11-5-2-6-12(13(11)16)19-8-10-4-1-3-9(7-18)14(10)17/h1-6H,8H2. The highest BCUT2D eigenvalue weighted by Crippen LogP contribution is 2.32. The number of hydrogen-bond acceptors (Lipinski definition) is 2. The molecule has 5 heteroatoms. The molecule has 0 radical (unpaired) electrons. The van der Waals surface area contributed by atoms with Gasteiger partial charge in [0.05, 0.1) is 10.6 Å². The van der Waals surface area contributed by atoms with Crippen LogP contribution in [-0.4, -0.2) is 0 Å². The van der Waals surface area contributed by atoms with Crippen LogP contribution >= 0.6 is 23.2 Å². The molecule has 2 aromatic carbocycles. The van der Waals surface area contributed by atoms with Crippen LogP contribution in [0.5, 0.6) is 5.75 Å². The van der Waals surface area contributed by atoms with E-state index in [1.807, 2.05) is 0 Å². The molecule has 0 spiro atoms. The van der Waals surface area contributed by atoms with Gasteiger partial charge >= 0.3 is 0 Å². The molecule has 96 valence electrons. The number of benzene rings is 2. The zero-order chi connectivity index (χ0) is 13.8. The Kier molecular flexibility index (Phi) is 4.26. The van der Waals surface area contributed by atoms with E-state index >= 15 is 0 Å². The van der Waals surface area contributed by atoms with Gasteiger partial charge in [-0.15, -0.1) is 0 Å². The molecule has 0 aliphatic heterocycles. The molecule has 2 rings (SSSR count). The summed E-state index contributed by atoms with van der Waals surface area (Å²) in [5, 5.41) is 9.38. The summed E-state index contributed by atoms with van der Waals surface area (Å²) < 4.78 is 19.2. The first-order valence-electron chi connectivity index (χ1n) is 5.37. The summed E-state index contributed by atoms with van der Waals surface area (Å²) in [5.74, 6) is -0.209. The van der Waals surface area contributed by atoms with Crippen LogP contribution in [0.2, 0.25) is 10.0 Å². The number of hydrogen-bond donors (Lipinski definition) is 0. The highest BCUT2D eigenvalue weighted by Gasteiger charge is 2.10. The molecule has 0 saturated carbocycles. The third-order valence-corrected chi connectivity index (χ3v) is 3.30. The Hall–Kier alpha value is -1.76. The molecule has 0 fully saturated rings. The van der Waals surface area contributed by atoms with E-state index in [9.17, 15) is 4.39 Å². The fraction of sp³-hybridized carbons (Fsp3) is 0.0714. The number of rotatable bonds is 3. The van der Waals surface area contributed by atoms with Crippen molar-refractivity contribution in [1.29, 1.82) is 5.26 Å². The SMILES string of the molecule is N#Cc1cccc(COc2cccc(Cl)c2Cl)c1F. The Morgan fingerprint density at radius 2 is 1.89 bits per heavy atom. The van der Waals surface area contributed by atoms with Gasteiger partial charge in [0, 0.05) is 5.56 Å². The zero-order valence-electron chi connectivity index (χ0n) is 9.66. The molecule has 0 amide bonds. The van der Waals surface area contributed by atoms with Crippen LogP contribution in [0.25, 0.3) is 0 Å². The first kappa shape index (κ1) is 13.7. The fourth-order valence-electron chi connectivity index (χ4n) is 1.53. The van der Waals surface area contributed by atoms with Gasteiger partial charge in [-0.25, -0.2) is 4.39 Å². The quantitative estimate of drug-likeness (QED) is 0.830. The highest BCUT2D eigenvalue weighted by atomic mass is 35.5. The molecule has 0 aliphatic carbocycles. The van der Waals surface area contributed by atoms with E-state index in [2.05, 4.69) is 0 Å². The van der Waals surface area contributed by atoms with Crippen LogP contribution in [0, 0.1) is 17.1 Å². The summed E-state index contributed by atoms with van der Waals surface area (Å²) in [5.41, 5.74) is 0.272. The van der Waals surface area contributed by atoms with E-state index in [1.165, 1.54) is 6.07 Å². The largest absolute Gasteiger partial charge is 0.487 e. The highest BCUT2D eigenvalue weighted by molar-refractivity contribution is 6.42. The van der Waals surface area contributed by atoms with Gasteiger partial charge < -0.3 is 4.74 Å². The molecule has 0 aromatic heterocycles. The number of ether oxygens (including phenoxy) is 1. The van der Waals surface area contributed by atoms with Gasteiger partial charge in [0.25, 0.3) is 0 Å². The summed E-state index contributed by atoms with van der Waals surface area (Å²) in [6, 6.07) is 11.3. The smallest absolute Gasteiger partial charge is 0.147 e. The Bertz CT molecular complexity index is 652. The Morgan fingerprint density at radius 1 is 1.16 bits per heavy atom. The van der Waals surface area contributed by atoms with Crippen molar-refractivity contribution in [3.05, 3.63) is 63.4 Å². The minimum absolute atomic E-state index is 0.0155. The first-order valence-corrected chi connectivity index (χ1v) is 6.13. The van der Waals surface area contributed by atoms with Crippen molar-refractivity contribution < 1.29 is 9.13 Å². The number of halogens is 3. The minimum Gasteiger partial charge on any atom is -0.487 e. The number of nitrogens with zero attached hydrogens (tertiary/aromatic N) is 1. The summed E-state index contributed by atoms with van der Waals surface area (Å²) >= 11 is 11.8. The van der Waals surface area contributed by atoms with E-state index < -0.39 is 5.82 Å². The predicted molar refractivity (Wildman–Crippen MR) is 71.9 cm³/mol. The summed E-state index contributed by atoms with van der Waals surface area (Å²) in [4.78, 5) is 0. The minimum atomic E-state index is -0.580. The fourth-order valence-corrected chi connectivity index (χ4v) is 1.88. The van der Waals surface area contributed by atoms with E-state index in [1.54, 1.807) is 36.4 Å². The topological polar surface area (TPSA) is 33.0 Å². The third-order valence-electron chi connectivity index (χ3n) is 2.50. The third kappa shape index (κ3) is 2.98. The normalized spacial score (nSPS) is 10.0. The average molecular weight is 296 g/mol. The van der Waals surface area contributed by atoms with E-state index in [0.717, 1.165) is 0 Å². The van der Waals surface area contributed by atoms with Gasteiger partial charge in [-0.3, -0.25) is 0 Å². The van der Waals surface area contributed by atoms with Gasteiger partial charge in [0.2, 0.25) is 0 Å². The first-order chi connectivity index (χ1) is 9.13. The average Bonchev–Trinajstić information content (AvgIpc) is 2.42. The molecule has 2 aromatic rings. The molecule has 0 atom stereocenters. The van der Waals surface area contributed by atoms with Crippen molar-refractivity contribution in [2.75, 3.05) is 0 Å². The van der Waals surface area contributed by atoms with Crippen molar-refractivity contribution in [2.24, 2.45) is 0 Å². The molecular weight excluding hydrogens is 288 g/mol. The molecule has 19 heavy (non-hydrogen) atoms. The van der Waals surface area contributed by atoms with Crippen molar-refractivity contribution in [3.8, 4) is 11.8 Å². The molecule has 0 saturated heterocycles. The van der Waals surface area contributed by atoms with Gasteiger partial charge in [-0.1, -0.05) is 41.4 Å².